The largest absolute Gasteiger partial charge is 0.474 e. The van der Waals surface area contributed by atoms with Gasteiger partial charge in [-0.25, -0.2) is 24.7 Å². The molecule has 4 aliphatic rings. The quantitative estimate of drug-likeness (QED) is 0.0880. The predicted octanol–water partition coefficient (Wildman–Crippen LogP) is 7.54. The lowest BCUT2D eigenvalue weighted by Crippen LogP contribution is -2.46. The highest BCUT2D eigenvalue weighted by atomic mass is 32.1. The van der Waals surface area contributed by atoms with Crippen molar-refractivity contribution < 1.29 is 33.9 Å². The second kappa shape index (κ2) is 23.6. The number of aromatic nitrogens is 4. The third-order valence-corrected chi connectivity index (χ3v) is 16.9. The molecule has 4 saturated heterocycles. The monoisotopic (exact) mass is 1060 g/mol. The molecule has 0 spiro atoms. The van der Waals surface area contributed by atoms with Gasteiger partial charge in [0.1, 0.15) is 11.6 Å². The topological polar surface area (TPSA) is 272 Å². The van der Waals surface area contributed by atoms with E-state index in [2.05, 4.69) is 58.0 Å². The Morgan fingerprint density at radius 3 is 1.68 bits per heavy atom. The number of fused-ring (bicyclic) bond motifs is 2. The molecule has 75 heavy (non-hydrogen) atoms. The van der Waals surface area contributed by atoms with Crippen LogP contribution in [0.25, 0.3) is 20.4 Å². The second-order valence-electron chi connectivity index (χ2n) is 20.4. The van der Waals surface area contributed by atoms with Crippen LogP contribution in [0, 0.1) is 25.7 Å². The van der Waals surface area contributed by atoms with Gasteiger partial charge >= 0.3 is 23.7 Å². The van der Waals surface area contributed by atoms with Crippen molar-refractivity contribution in [3.05, 3.63) is 93.2 Å². The molecule has 0 bridgehead atoms. The highest BCUT2D eigenvalue weighted by Crippen LogP contribution is 2.39. The fourth-order valence-corrected chi connectivity index (χ4v) is 12.0. The van der Waals surface area contributed by atoms with Crippen LogP contribution in [0.4, 0.5) is 23.0 Å². The fraction of sp³-hybridized carbons (Fsp3) is 0.444. The average molecular weight is 1060 g/mol. The number of carboxylic acids is 1. The number of nitrogen functional groups attached to an aromatic ring is 2. The maximum atomic E-state index is 13.3. The van der Waals surface area contributed by atoms with Gasteiger partial charge < -0.3 is 47.2 Å². The van der Waals surface area contributed by atoms with Crippen LogP contribution in [-0.2, 0) is 28.8 Å². The maximum absolute atomic E-state index is 13.3. The molecule has 6 aromatic rings. The first-order chi connectivity index (χ1) is 35.8. The number of likely N-dealkylation sites (tertiary alicyclic amines) is 3. The Kier molecular flexibility index (Phi) is 17.1. The van der Waals surface area contributed by atoms with Crippen molar-refractivity contribution in [2.24, 2.45) is 11.8 Å². The molecule has 21 heteroatoms. The minimum atomic E-state index is -1.54. The summed E-state index contributed by atoms with van der Waals surface area (Å²) in [6, 6.07) is 16.3. The number of hydrogen-bond donors (Lipinski definition) is 6. The molecule has 8 N–H and O–H groups in total. The lowest BCUT2D eigenvalue weighted by Gasteiger charge is -2.38. The van der Waals surface area contributed by atoms with Crippen LogP contribution >= 0.6 is 22.7 Å². The maximum Gasteiger partial charge on any atom is 0.394 e. The van der Waals surface area contributed by atoms with Gasteiger partial charge in [0.15, 0.2) is 0 Å². The minimum Gasteiger partial charge on any atom is -0.474 e. The van der Waals surface area contributed by atoms with Gasteiger partial charge in [-0.15, -0.1) is 22.7 Å². The van der Waals surface area contributed by atoms with Crippen LogP contribution in [0.2, 0.25) is 0 Å². The normalized spacial score (nSPS) is 21.9. The van der Waals surface area contributed by atoms with Gasteiger partial charge in [-0.2, -0.15) is 0 Å². The number of amides is 5. The Morgan fingerprint density at radius 1 is 0.680 bits per heavy atom. The molecule has 2 unspecified atom stereocenters. The van der Waals surface area contributed by atoms with Crippen molar-refractivity contribution in [3.63, 3.8) is 0 Å². The number of piperidine rings is 4. The van der Waals surface area contributed by atoms with Crippen molar-refractivity contribution in [1.29, 1.82) is 0 Å². The van der Waals surface area contributed by atoms with Gasteiger partial charge in [-0.1, -0.05) is 26.0 Å². The van der Waals surface area contributed by atoms with E-state index < -0.39 is 23.7 Å². The van der Waals surface area contributed by atoms with E-state index in [1.54, 1.807) is 58.5 Å². The van der Waals surface area contributed by atoms with E-state index >= 15 is 0 Å². The SMILES string of the molecule is C[C@H]1CC[C@H](c2ccc3sc(C4CCN(C)C(=O)C4)nc3c2)NC1.Cc1cc(NC(=O)C(=O)N2C[C@@H](C)CC[C@@H]2c2ccc3sc(C4CCN(C)C(=O)C4)nc3c2)cnc1N.Cc1cc(NC(=O)C(=O)O)cnc1N. The first-order valence-corrected chi connectivity index (χ1v) is 27.1. The van der Waals surface area contributed by atoms with E-state index in [-0.39, 0.29) is 23.8 Å². The van der Waals surface area contributed by atoms with Gasteiger partial charge in [0.05, 0.1) is 60.3 Å². The number of aryl methyl sites for hydroxylation is 2. The minimum absolute atomic E-state index is 0.147. The Labute approximate surface area is 443 Å². The van der Waals surface area contributed by atoms with Gasteiger partial charge in [0.25, 0.3) is 0 Å². The van der Waals surface area contributed by atoms with E-state index in [0.29, 0.717) is 65.8 Å². The molecular formula is C54H66N12O7S2. The summed E-state index contributed by atoms with van der Waals surface area (Å²) < 4.78 is 2.31. The number of rotatable bonds is 6. The number of nitrogens with one attached hydrogen (secondary N) is 3. The number of hydrogen-bond acceptors (Lipinski definition) is 15. The number of carboxylic acid groups (broad SMARTS) is 1. The van der Waals surface area contributed by atoms with Crippen LogP contribution in [0.3, 0.4) is 0 Å². The van der Waals surface area contributed by atoms with Crippen molar-refractivity contribution in [2.45, 2.75) is 103 Å². The molecule has 0 saturated carbocycles. The number of thiazole rings is 2. The molecule has 5 amide bonds. The van der Waals surface area contributed by atoms with Crippen molar-refractivity contribution in [1.82, 2.24) is 40.0 Å². The zero-order valence-corrected chi connectivity index (χ0v) is 44.9. The summed E-state index contributed by atoms with van der Waals surface area (Å²) in [5, 5.41) is 18.9. The molecule has 4 aromatic heterocycles. The van der Waals surface area contributed by atoms with E-state index in [1.807, 2.05) is 37.2 Å². The summed E-state index contributed by atoms with van der Waals surface area (Å²) in [5.41, 5.74) is 17.7. The number of aliphatic carboxylic acids is 1. The van der Waals surface area contributed by atoms with Crippen LogP contribution < -0.4 is 27.4 Å². The number of pyridine rings is 2. The van der Waals surface area contributed by atoms with E-state index in [9.17, 15) is 28.8 Å². The number of benzene rings is 2. The molecule has 19 nitrogen and oxygen atoms in total. The molecule has 6 atom stereocenters. The van der Waals surface area contributed by atoms with Crippen molar-refractivity contribution in [2.75, 3.05) is 62.4 Å². The molecular weight excluding hydrogens is 993 g/mol. The number of nitrogens with zero attached hydrogens (tertiary/aromatic N) is 7. The summed E-state index contributed by atoms with van der Waals surface area (Å²) in [6.07, 6.45) is 10.0. The summed E-state index contributed by atoms with van der Waals surface area (Å²) >= 11 is 3.40. The highest BCUT2D eigenvalue weighted by Gasteiger charge is 2.35. The first kappa shape index (κ1) is 54.2. The summed E-state index contributed by atoms with van der Waals surface area (Å²) in [4.78, 5) is 94.3. The van der Waals surface area contributed by atoms with E-state index in [0.717, 1.165) is 88.1 Å². The standard InChI is InChI=1S/C27H32N6O3S.C19H25N3OS.C8H9N3O3/c1-15-4-6-21(33(14-15)27(36)25(35)30-19-10-16(2)24(28)29-13-19)17-5-7-22-20(11-17)31-26(37-22)18-8-9-32(3)23(34)12-18;1-12-3-5-15(20-11-12)13-4-6-17-16(9-13)21-19(24-17)14-7-8-22(2)18(23)10-14;1-4-2-5(3-10-6(4)9)11-7(12)8(13)14/h5,7,10-11,13,15,18,21H,4,6,8-9,12,14H2,1-3H3,(H2,28,29)(H,30,35);4,6,9,12,14-15,20H,3,5,7-8,10-11H2,1-2H3;2-3H,1H3,(H2,9,10)(H,11,12)(H,13,14)/t15-,18?,21+;12-,14?,15+;/m00./s1. The predicted molar refractivity (Wildman–Crippen MR) is 292 cm³/mol. The summed E-state index contributed by atoms with van der Waals surface area (Å²) in [5.74, 6) is -1.24. The Bertz CT molecular complexity index is 3120. The Morgan fingerprint density at radius 2 is 1.19 bits per heavy atom. The van der Waals surface area contributed by atoms with Crippen LogP contribution in [0.15, 0.2) is 60.9 Å². The van der Waals surface area contributed by atoms with Crippen molar-refractivity contribution in [3.8, 4) is 0 Å². The lowest BCUT2D eigenvalue weighted by molar-refractivity contribution is -0.147. The molecule has 4 fully saturated rings. The Balaban J connectivity index is 0.000000167. The van der Waals surface area contributed by atoms with E-state index in [4.69, 9.17) is 26.5 Å². The number of nitrogens with two attached hydrogens (primary N) is 2. The number of carbonyl (C=O) groups excluding carboxylic acids is 5. The zero-order valence-electron chi connectivity index (χ0n) is 43.2. The van der Waals surface area contributed by atoms with Crippen LogP contribution in [0.1, 0.15) is 121 Å². The van der Waals surface area contributed by atoms with Gasteiger partial charge in [-0.05, 0) is 129 Å². The van der Waals surface area contributed by atoms with Gasteiger partial charge in [0.2, 0.25) is 11.8 Å². The molecule has 4 aliphatic heterocycles. The number of carbonyl (C=O) groups is 6. The second-order valence-corrected chi connectivity index (χ2v) is 22.6. The Hall–Kier alpha value is -7.10. The third kappa shape index (κ3) is 13.2. The van der Waals surface area contributed by atoms with Gasteiger partial charge in [0, 0.05) is 64.4 Å². The molecule has 0 aliphatic carbocycles. The first-order valence-electron chi connectivity index (χ1n) is 25.4. The third-order valence-electron chi connectivity index (χ3n) is 14.5. The summed E-state index contributed by atoms with van der Waals surface area (Å²) in [6.45, 7) is 11.1. The summed E-state index contributed by atoms with van der Waals surface area (Å²) in [7, 11) is 3.73. The molecule has 2 aromatic carbocycles. The average Bonchev–Trinajstić information content (AvgIpc) is 4.03. The van der Waals surface area contributed by atoms with E-state index in [1.165, 1.54) is 35.5 Å². The lowest BCUT2D eigenvalue weighted by atomic mass is 9.89. The molecule has 8 heterocycles. The van der Waals surface area contributed by atoms with Crippen LogP contribution in [-0.4, -0.2) is 116 Å². The van der Waals surface area contributed by atoms with Crippen molar-refractivity contribution >= 4 is 102 Å². The smallest absolute Gasteiger partial charge is 0.394 e. The molecule has 10 rings (SSSR count). The van der Waals surface area contributed by atoms with Gasteiger partial charge in [-0.3, -0.25) is 24.0 Å². The fourth-order valence-electron chi connectivity index (χ4n) is 9.82. The molecule has 396 valence electrons. The zero-order chi connectivity index (χ0) is 53.7. The highest BCUT2D eigenvalue weighted by molar-refractivity contribution is 7.19. The van der Waals surface area contributed by atoms with Crippen LogP contribution in [0.5, 0.6) is 0 Å². The number of anilines is 4. The molecule has 0 radical (unpaired) electrons.